The van der Waals surface area contributed by atoms with Crippen LogP contribution in [0.5, 0.6) is 0 Å². The van der Waals surface area contributed by atoms with Crippen LogP contribution in [0.4, 0.5) is 17.1 Å². The van der Waals surface area contributed by atoms with Crippen molar-refractivity contribution in [3.8, 4) is 0 Å². The molecule has 26 heavy (non-hydrogen) atoms. The van der Waals surface area contributed by atoms with Gasteiger partial charge in [0.05, 0.1) is 0 Å². The van der Waals surface area contributed by atoms with E-state index in [1.165, 1.54) is 11.3 Å². The third-order valence-electron chi connectivity index (χ3n) is 4.54. The molecule has 4 nitrogen and oxygen atoms in total. The Labute approximate surface area is 157 Å². The number of halogens is 1. The Morgan fingerprint density at radius 2 is 2.00 bits per heavy atom. The number of fused-ring (bicyclic) bond motifs is 1. The van der Waals surface area contributed by atoms with E-state index in [-0.39, 0.29) is 5.91 Å². The first-order chi connectivity index (χ1) is 12.6. The fraction of sp³-hybridized carbons (Fsp3) is 0.143. The zero-order valence-electron chi connectivity index (χ0n) is 14.3. The number of nitrogens with zero attached hydrogens (tertiary/aromatic N) is 2. The van der Waals surface area contributed by atoms with Crippen molar-refractivity contribution in [2.75, 3.05) is 10.2 Å². The minimum Gasteiger partial charge on any atom is -0.338 e. The molecular weight excluding hydrogens is 346 g/mol. The predicted molar refractivity (Wildman–Crippen MR) is 105 cm³/mol. The molecule has 2 heterocycles. The Kier molecular flexibility index (Phi) is 4.35. The number of benzene rings is 2. The summed E-state index contributed by atoms with van der Waals surface area (Å²) in [6, 6.07) is 19.5. The quantitative estimate of drug-likeness (QED) is 0.706. The minimum absolute atomic E-state index is 0.255. The van der Waals surface area contributed by atoms with Crippen LogP contribution < -0.4 is 10.2 Å². The van der Waals surface area contributed by atoms with Crippen LogP contribution in [0.15, 0.2) is 66.9 Å². The van der Waals surface area contributed by atoms with Crippen LogP contribution in [-0.2, 0) is 6.42 Å². The standard InChI is InChI=1S/C21H18ClN3O/c1-14-11-15-5-2-3-8-20(15)25(14)18-9-10-23-19(13-18)21(26)24-17-7-4-6-16(22)12-17/h2-10,12-14H,11H2,1H3,(H,24,26). The van der Waals surface area contributed by atoms with E-state index in [1.807, 2.05) is 18.2 Å². The third-order valence-corrected chi connectivity index (χ3v) is 4.78. The Balaban J connectivity index is 1.62. The zero-order chi connectivity index (χ0) is 18.1. The molecule has 0 bridgehead atoms. The molecule has 0 saturated carbocycles. The summed E-state index contributed by atoms with van der Waals surface area (Å²) in [4.78, 5) is 19.1. The molecule has 1 atom stereocenters. The van der Waals surface area contributed by atoms with Gasteiger partial charge in [-0.1, -0.05) is 35.9 Å². The van der Waals surface area contributed by atoms with Gasteiger partial charge in [-0.25, -0.2) is 0 Å². The molecule has 1 aromatic heterocycles. The fourth-order valence-corrected chi connectivity index (χ4v) is 3.60. The van der Waals surface area contributed by atoms with E-state index in [4.69, 9.17) is 11.6 Å². The lowest BCUT2D eigenvalue weighted by Crippen LogP contribution is -2.24. The molecule has 0 spiro atoms. The van der Waals surface area contributed by atoms with Crippen LogP contribution >= 0.6 is 11.6 Å². The highest BCUT2D eigenvalue weighted by Crippen LogP contribution is 2.38. The SMILES string of the molecule is CC1Cc2ccccc2N1c1ccnc(C(=O)Nc2cccc(Cl)c2)c1. The molecule has 1 amide bonds. The summed E-state index contributed by atoms with van der Waals surface area (Å²) in [7, 11) is 0. The highest BCUT2D eigenvalue weighted by Gasteiger charge is 2.27. The molecule has 0 saturated heterocycles. The first-order valence-corrected chi connectivity index (χ1v) is 8.90. The molecule has 130 valence electrons. The van der Waals surface area contributed by atoms with Gasteiger partial charge in [0.2, 0.25) is 0 Å². The lowest BCUT2D eigenvalue weighted by molar-refractivity contribution is 0.102. The molecule has 5 heteroatoms. The van der Waals surface area contributed by atoms with Crippen molar-refractivity contribution in [2.45, 2.75) is 19.4 Å². The predicted octanol–water partition coefficient (Wildman–Crippen LogP) is 5.07. The summed E-state index contributed by atoms with van der Waals surface area (Å²) in [5.74, 6) is -0.255. The van der Waals surface area contributed by atoms with Crippen molar-refractivity contribution in [1.82, 2.24) is 4.98 Å². The van der Waals surface area contributed by atoms with E-state index in [2.05, 4.69) is 40.3 Å². The average molecular weight is 364 g/mol. The summed E-state index contributed by atoms with van der Waals surface area (Å²) in [6.45, 7) is 2.19. The smallest absolute Gasteiger partial charge is 0.274 e. The first kappa shape index (κ1) is 16.6. The number of hydrogen-bond acceptors (Lipinski definition) is 3. The summed E-state index contributed by atoms with van der Waals surface area (Å²) in [6.07, 6.45) is 2.67. The van der Waals surface area contributed by atoms with Crippen LogP contribution in [0.25, 0.3) is 0 Å². The maximum absolute atomic E-state index is 12.6. The number of carbonyl (C=O) groups is 1. The number of anilines is 3. The van der Waals surface area contributed by atoms with Gasteiger partial charge in [0.1, 0.15) is 5.69 Å². The topological polar surface area (TPSA) is 45.2 Å². The van der Waals surface area contributed by atoms with E-state index < -0.39 is 0 Å². The van der Waals surface area contributed by atoms with Crippen molar-refractivity contribution < 1.29 is 4.79 Å². The fourth-order valence-electron chi connectivity index (χ4n) is 3.41. The van der Waals surface area contributed by atoms with Crippen molar-refractivity contribution in [2.24, 2.45) is 0 Å². The van der Waals surface area contributed by atoms with Gasteiger partial charge in [0, 0.05) is 34.3 Å². The zero-order valence-corrected chi connectivity index (χ0v) is 15.1. The molecule has 3 aromatic rings. The van der Waals surface area contributed by atoms with Crippen LogP contribution in [-0.4, -0.2) is 16.9 Å². The van der Waals surface area contributed by atoms with Gasteiger partial charge in [0.15, 0.2) is 0 Å². The van der Waals surface area contributed by atoms with Gasteiger partial charge >= 0.3 is 0 Å². The van der Waals surface area contributed by atoms with Crippen LogP contribution in [0, 0.1) is 0 Å². The molecule has 4 rings (SSSR count). The molecule has 1 aliphatic heterocycles. The second-order valence-corrected chi connectivity index (χ2v) is 6.85. The van der Waals surface area contributed by atoms with Gasteiger partial charge in [-0.15, -0.1) is 0 Å². The Morgan fingerprint density at radius 1 is 1.15 bits per heavy atom. The molecular formula is C21H18ClN3O. The van der Waals surface area contributed by atoms with Crippen molar-refractivity contribution in [3.63, 3.8) is 0 Å². The number of para-hydroxylation sites is 1. The number of carbonyl (C=O) groups excluding carboxylic acids is 1. The summed E-state index contributed by atoms with van der Waals surface area (Å²) in [5, 5.41) is 3.42. The molecule has 1 aliphatic rings. The minimum atomic E-state index is -0.255. The summed E-state index contributed by atoms with van der Waals surface area (Å²) in [5.41, 5.74) is 4.50. The van der Waals surface area contributed by atoms with Crippen LogP contribution in [0.3, 0.4) is 0 Å². The van der Waals surface area contributed by atoms with E-state index in [1.54, 1.807) is 30.5 Å². The Morgan fingerprint density at radius 3 is 2.85 bits per heavy atom. The van der Waals surface area contributed by atoms with Gasteiger partial charge in [-0.05, 0) is 55.3 Å². The van der Waals surface area contributed by atoms with E-state index in [9.17, 15) is 4.79 Å². The van der Waals surface area contributed by atoms with E-state index in [0.29, 0.717) is 22.4 Å². The number of pyridine rings is 1. The molecule has 0 fully saturated rings. The highest BCUT2D eigenvalue weighted by molar-refractivity contribution is 6.30. The molecule has 1 N–H and O–H groups in total. The largest absolute Gasteiger partial charge is 0.338 e. The average Bonchev–Trinajstić information content (AvgIpc) is 2.97. The first-order valence-electron chi connectivity index (χ1n) is 8.52. The van der Waals surface area contributed by atoms with Crippen LogP contribution in [0.2, 0.25) is 5.02 Å². The lowest BCUT2D eigenvalue weighted by Gasteiger charge is -2.25. The van der Waals surface area contributed by atoms with Gasteiger partial charge < -0.3 is 10.2 Å². The maximum Gasteiger partial charge on any atom is 0.274 e. The van der Waals surface area contributed by atoms with E-state index >= 15 is 0 Å². The number of amides is 1. The third kappa shape index (κ3) is 3.16. The maximum atomic E-state index is 12.6. The summed E-state index contributed by atoms with van der Waals surface area (Å²) < 4.78 is 0. The van der Waals surface area contributed by atoms with Crippen molar-refractivity contribution in [1.29, 1.82) is 0 Å². The second-order valence-electron chi connectivity index (χ2n) is 6.42. The highest BCUT2D eigenvalue weighted by atomic mass is 35.5. The van der Waals surface area contributed by atoms with Crippen molar-refractivity contribution >= 4 is 34.6 Å². The lowest BCUT2D eigenvalue weighted by atomic mass is 10.1. The second kappa shape index (κ2) is 6.81. The number of rotatable bonds is 3. The Bertz CT molecular complexity index is 973. The molecule has 2 aromatic carbocycles. The van der Waals surface area contributed by atoms with Crippen LogP contribution in [0.1, 0.15) is 23.0 Å². The molecule has 0 aliphatic carbocycles. The molecule has 0 radical (unpaired) electrons. The Hall–Kier alpha value is -2.85. The van der Waals surface area contributed by atoms with Gasteiger partial charge in [0.25, 0.3) is 5.91 Å². The number of hydrogen-bond donors (Lipinski definition) is 1. The normalized spacial score (nSPS) is 15.6. The van der Waals surface area contributed by atoms with E-state index in [0.717, 1.165) is 12.1 Å². The molecule has 1 unspecified atom stereocenters. The van der Waals surface area contributed by atoms with Gasteiger partial charge in [-0.2, -0.15) is 0 Å². The number of aromatic nitrogens is 1. The monoisotopic (exact) mass is 363 g/mol. The summed E-state index contributed by atoms with van der Waals surface area (Å²) >= 11 is 5.98. The number of nitrogens with one attached hydrogen (secondary N) is 1. The van der Waals surface area contributed by atoms with Gasteiger partial charge in [-0.3, -0.25) is 9.78 Å². The van der Waals surface area contributed by atoms with Crippen molar-refractivity contribution in [3.05, 3.63) is 83.1 Å².